The molecule has 0 amide bonds. The molecule has 0 saturated heterocycles. The third kappa shape index (κ3) is 2.85. The summed E-state index contributed by atoms with van der Waals surface area (Å²) in [6, 6.07) is 4.13. The third-order valence-electron chi connectivity index (χ3n) is 3.87. The summed E-state index contributed by atoms with van der Waals surface area (Å²) in [5, 5.41) is 15.0. The van der Waals surface area contributed by atoms with Crippen molar-refractivity contribution in [2.45, 2.75) is 32.3 Å². The molecule has 1 unspecified atom stereocenters. The molecule has 1 aliphatic heterocycles. The Bertz CT molecular complexity index is 667. The van der Waals surface area contributed by atoms with Gasteiger partial charge in [-0.25, -0.2) is 0 Å². The molecule has 0 bridgehead atoms. The van der Waals surface area contributed by atoms with Gasteiger partial charge in [0, 0.05) is 36.1 Å². The van der Waals surface area contributed by atoms with Gasteiger partial charge in [0.1, 0.15) is 5.75 Å². The Labute approximate surface area is 132 Å². The predicted octanol–water partition coefficient (Wildman–Crippen LogP) is 2.96. The van der Waals surface area contributed by atoms with Crippen molar-refractivity contribution in [3.8, 4) is 5.75 Å². The number of hydrogen-bond acceptors (Lipinski definition) is 3. The van der Waals surface area contributed by atoms with Crippen LogP contribution in [0.25, 0.3) is 0 Å². The first-order chi connectivity index (χ1) is 10.1. The molecule has 2 heterocycles. The van der Waals surface area contributed by atoms with Crippen LogP contribution in [0, 0.1) is 0 Å². The number of ether oxygens (including phenoxy) is 1. The molecule has 4 nitrogen and oxygen atoms in total. The number of halogens is 1. The molecule has 112 valence electrons. The monoisotopic (exact) mass is 350 g/mol. The van der Waals surface area contributed by atoms with E-state index >= 15 is 0 Å². The van der Waals surface area contributed by atoms with Gasteiger partial charge in [-0.1, -0.05) is 22.9 Å². The van der Waals surface area contributed by atoms with Crippen molar-refractivity contribution in [1.82, 2.24) is 9.78 Å². The average molecular weight is 351 g/mol. The van der Waals surface area contributed by atoms with Crippen LogP contribution in [0.3, 0.4) is 0 Å². The summed E-state index contributed by atoms with van der Waals surface area (Å²) in [6.45, 7) is 2.78. The van der Waals surface area contributed by atoms with Gasteiger partial charge in [0.25, 0.3) is 0 Å². The summed E-state index contributed by atoms with van der Waals surface area (Å²) >= 11 is 3.54. The van der Waals surface area contributed by atoms with Crippen LogP contribution in [0.15, 0.2) is 22.8 Å². The number of rotatable bonds is 4. The minimum Gasteiger partial charge on any atom is -0.493 e. The Hall–Kier alpha value is -1.33. The number of aryl methyl sites for hydroxylation is 2. The van der Waals surface area contributed by atoms with E-state index in [1.165, 1.54) is 5.56 Å². The van der Waals surface area contributed by atoms with Gasteiger partial charge in [-0.15, -0.1) is 0 Å². The zero-order chi connectivity index (χ0) is 15.0. The van der Waals surface area contributed by atoms with Gasteiger partial charge in [-0.3, -0.25) is 4.68 Å². The molecular weight excluding hydrogens is 332 g/mol. The second kappa shape index (κ2) is 5.81. The second-order valence-corrected chi connectivity index (χ2v) is 6.35. The van der Waals surface area contributed by atoms with E-state index in [0.717, 1.165) is 46.5 Å². The van der Waals surface area contributed by atoms with Crippen molar-refractivity contribution in [2.75, 3.05) is 6.61 Å². The number of fused-ring (bicyclic) bond motifs is 1. The maximum Gasteiger partial charge on any atom is 0.125 e. The van der Waals surface area contributed by atoms with E-state index in [0.29, 0.717) is 6.42 Å². The molecule has 0 saturated carbocycles. The van der Waals surface area contributed by atoms with E-state index in [1.54, 1.807) is 4.68 Å². The highest BCUT2D eigenvalue weighted by Crippen LogP contribution is 2.35. The van der Waals surface area contributed by atoms with Gasteiger partial charge in [0.05, 0.1) is 18.4 Å². The minimum absolute atomic E-state index is 0.542. The van der Waals surface area contributed by atoms with Crippen LogP contribution in [-0.2, 0) is 26.3 Å². The molecule has 0 aliphatic carbocycles. The summed E-state index contributed by atoms with van der Waals surface area (Å²) < 4.78 is 8.53. The lowest BCUT2D eigenvalue weighted by Crippen LogP contribution is -2.05. The van der Waals surface area contributed by atoms with Gasteiger partial charge in [-0.05, 0) is 29.7 Å². The Balaban J connectivity index is 1.90. The summed E-state index contributed by atoms with van der Waals surface area (Å²) in [6.07, 6.45) is 3.64. The lowest BCUT2D eigenvalue weighted by Gasteiger charge is -2.14. The Kier molecular flexibility index (Phi) is 4.04. The molecule has 1 N–H and O–H groups in total. The van der Waals surface area contributed by atoms with Crippen LogP contribution >= 0.6 is 15.9 Å². The van der Waals surface area contributed by atoms with Crippen molar-refractivity contribution in [3.63, 3.8) is 0 Å². The van der Waals surface area contributed by atoms with Crippen molar-refractivity contribution in [1.29, 1.82) is 0 Å². The van der Waals surface area contributed by atoms with Crippen LogP contribution in [0.4, 0.5) is 0 Å². The topological polar surface area (TPSA) is 47.3 Å². The molecule has 0 spiro atoms. The first kappa shape index (κ1) is 14.6. The predicted molar refractivity (Wildman–Crippen MR) is 84.6 cm³/mol. The van der Waals surface area contributed by atoms with Crippen LogP contribution in [0.2, 0.25) is 0 Å². The SMILES string of the molecule is CCc1nn(C)cc1C(O)Cc1cc(Br)cc2c1OCC2. The van der Waals surface area contributed by atoms with Gasteiger partial charge < -0.3 is 9.84 Å². The third-order valence-corrected chi connectivity index (χ3v) is 4.33. The fraction of sp³-hybridized carbons (Fsp3) is 0.438. The molecule has 0 fully saturated rings. The lowest BCUT2D eigenvalue weighted by atomic mass is 9.98. The van der Waals surface area contributed by atoms with Gasteiger partial charge in [-0.2, -0.15) is 5.10 Å². The minimum atomic E-state index is -0.559. The average Bonchev–Trinajstić information content (AvgIpc) is 3.04. The van der Waals surface area contributed by atoms with E-state index in [4.69, 9.17) is 4.74 Å². The highest BCUT2D eigenvalue weighted by atomic mass is 79.9. The zero-order valence-electron chi connectivity index (χ0n) is 12.3. The van der Waals surface area contributed by atoms with Crippen LogP contribution in [0.1, 0.15) is 35.4 Å². The van der Waals surface area contributed by atoms with Gasteiger partial charge >= 0.3 is 0 Å². The largest absolute Gasteiger partial charge is 0.493 e. The molecule has 1 aliphatic rings. The molecule has 2 aromatic rings. The number of aliphatic hydroxyl groups excluding tert-OH is 1. The fourth-order valence-electron chi connectivity index (χ4n) is 2.92. The zero-order valence-corrected chi connectivity index (χ0v) is 13.9. The first-order valence-electron chi connectivity index (χ1n) is 7.23. The normalized spacial score (nSPS) is 14.9. The highest BCUT2D eigenvalue weighted by molar-refractivity contribution is 9.10. The van der Waals surface area contributed by atoms with Crippen molar-refractivity contribution in [2.24, 2.45) is 7.05 Å². The van der Waals surface area contributed by atoms with Crippen molar-refractivity contribution >= 4 is 15.9 Å². The standard InChI is InChI=1S/C16H19BrN2O2/c1-3-14-13(9-19(2)18-14)15(20)8-11-7-12(17)6-10-4-5-21-16(10)11/h6-7,9,15,20H,3-5,8H2,1-2H3. The Morgan fingerprint density at radius 1 is 1.48 bits per heavy atom. The number of benzene rings is 1. The molecule has 5 heteroatoms. The van der Waals surface area contributed by atoms with Crippen LogP contribution < -0.4 is 4.74 Å². The first-order valence-corrected chi connectivity index (χ1v) is 8.02. The van der Waals surface area contributed by atoms with Crippen molar-refractivity contribution in [3.05, 3.63) is 45.2 Å². The Morgan fingerprint density at radius 2 is 2.29 bits per heavy atom. The quantitative estimate of drug-likeness (QED) is 0.921. The number of nitrogens with zero attached hydrogens (tertiary/aromatic N) is 2. The van der Waals surface area contributed by atoms with E-state index in [9.17, 15) is 5.11 Å². The Morgan fingerprint density at radius 3 is 3.05 bits per heavy atom. The van der Waals surface area contributed by atoms with Gasteiger partial charge in [0.15, 0.2) is 0 Å². The van der Waals surface area contributed by atoms with Gasteiger partial charge in [0.2, 0.25) is 0 Å². The number of aromatic nitrogens is 2. The maximum atomic E-state index is 10.6. The smallest absolute Gasteiger partial charge is 0.125 e. The maximum absolute atomic E-state index is 10.6. The second-order valence-electron chi connectivity index (χ2n) is 5.43. The molecular formula is C16H19BrN2O2. The summed E-state index contributed by atoms with van der Waals surface area (Å²) in [7, 11) is 1.88. The van der Waals surface area contributed by atoms with Crippen molar-refractivity contribution < 1.29 is 9.84 Å². The molecule has 3 rings (SSSR count). The lowest BCUT2D eigenvalue weighted by molar-refractivity contribution is 0.176. The molecule has 0 radical (unpaired) electrons. The van der Waals surface area contributed by atoms with E-state index in [2.05, 4.69) is 34.0 Å². The summed E-state index contributed by atoms with van der Waals surface area (Å²) in [4.78, 5) is 0. The van der Waals surface area contributed by atoms with E-state index in [1.807, 2.05) is 19.3 Å². The van der Waals surface area contributed by atoms with Crippen LogP contribution in [-0.4, -0.2) is 21.5 Å². The summed E-state index contributed by atoms with van der Waals surface area (Å²) in [5.41, 5.74) is 4.13. The molecule has 21 heavy (non-hydrogen) atoms. The highest BCUT2D eigenvalue weighted by Gasteiger charge is 2.22. The van der Waals surface area contributed by atoms with E-state index in [-0.39, 0.29) is 0 Å². The number of aliphatic hydroxyl groups is 1. The van der Waals surface area contributed by atoms with Crippen LogP contribution in [0.5, 0.6) is 5.75 Å². The molecule has 1 aromatic carbocycles. The molecule has 1 aromatic heterocycles. The van der Waals surface area contributed by atoms with E-state index < -0.39 is 6.10 Å². The summed E-state index contributed by atoms with van der Waals surface area (Å²) in [5.74, 6) is 0.944. The molecule has 1 atom stereocenters. The number of hydrogen-bond donors (Lipinski definition) is 1. The fourth-order valence-corrected chi connectivity index (χ4v) is 3.47.